The molecule has 0 N–H and O–H groups in total. The minimum atomic E-state index is -0.546. The lowest BCUT2D eigenvalue weighted by atomic mass is 10.0. The lowest BCUT2D eigenvalue weighted by molar-refractivity contribution is 0.0380. The summed E-state index contributed by atoms with van der Waals surface area (Å²) in [7, 11) is 0. The number of halogens is 2. The monoisotopic (exact) mass is 483 g/mol. The number of hydrogen-bond acceptors (Lipinski definition) is 3. The summed E-state index contributed by atoms with van der Waals surface area (Å²) in [5.74, 6) is -0.433. The Hall–Kier alpha value is -3.66. The van der Waals surface area contributed by atoms with Gasteiger partial charge in [0.25, 0.3) is 0 Å². The van der Waals surface area contributed by atoms with Gasteiger partial charge in [-0.2, -0.15) is 0 Å². The van der Waals surface area contributed by atoms with Crippen LogP contribution in [0.15, 0.2) is 109 Å². The molecule has 4 aromatic carbocycles. The van der Waals surface area contributed by atoms with E-state index in [0.29, 0.717) is 26.8 Å². The molecule has 5 aromatic rings. The zero-order valence-electron chi connectivity index (χ0n) is 18.0. The molecule has 1 heterocycles. The van der Waals surface area contributed by atoms with Gasteiger partial charge in [-0.1, -0.05) is 108 Å². The fourth-order valence-electron chi connectivity index (χ4n) is 3.90. The van der Waals surface area contributed by atoms with Gasteiger partial charge in [0.05, 0.1) is 26.8 Å². The van der Waals surface area contributed by atoms with E-state index in [-0.39, 0.29) is 0 Å². The average Bonchev–Trinajstić information content (AvgIpc) is 2.89. The molecule has 0 radical (unpaired) electrons. The van der Waals surface area contributed by atoms with E-state index in [1.165, 1.54) is 0 Å². The Bertz CT molecular complexity index is 1430. The molecule has 0 amide bonds. The van der Waals surface area contributed by atoms with E-state index in [9.17, 15) is 4.79 Å². The fraction of sp³-hybridized carbons (Fsp3) is 0.0345. The van der Waals surface area contributed by atoms with Crippen LogP contribution in [0, 0.1) is 0 Å². The molecule has 34 heavy (non-hydrogen) atoms. The van der Waals surface area contributed by atoms with Gasteiger partial charge < -0.3 is 4.74 Å². The summed E-state index contributed by atoms with van der Waals surface area (Å²) in [6, 6.07) is 34.0. The van der Waals surface area contributed by atoms with Gasteiger partial charge in [-0.05, 0) is 35.4 Å². The summed E-state index contributed by atoms with van der Waals surface area (Å²) in [6.07, 6.45) is -0.546. The van der Waals surface area contributed by atoms with E-state index in [1.54, 1.807) is 18.2 Å². The number of carbonyl (C=O) groups excluding carboxylic acids is 1. The predicted molar refractivity (Wildman–Crippen MR) is 137 cm³/mol. The molecule has 0 bridgehead atoms. The highest BCUT2D eigenvalue weighted by Gasteiger charge is 2.22. The van der Waals surface area contributed by atoms with Gasteiger partial charge in [0.2, 0.25) is 0 Å². The zero-order chi connectivity index (χ0) is 23.5. The molecular formula is C29H19Cl2NO2. The van der Waals surface area contributed by atoms with Gasteiger partial charge in [-0.25, -0.2) is 9.78 Å². The number of rotatable bonds is 5. The Morgan fingerprint density at radius 2 is 1.32 bits per heavy atom. The van der Waals surface area contributed by atoms with Crippen molar-refractivity contribution in [1.29, 1.82) is 0 Å². The number of carbonyl (C=O) groups is 1. The Morgan fingerprint density at radius 1 is 0.706 bits per heavy atom. The molecule has 166 valence electrons. The largest absolute Gasteiger partial charge is 0.449 e. The van der Waals surface area contributed by atoms with Crippen molar-refractivity contribution in [1.82, 2.24) is 4.98 Å². The summed E-state index contributed by atoms with van der Waals surface area (Å²) in [5, 5.41) is 1.60. The lowest BCUT2D eigenvalue weighted by Gasteiger charge is -2.20. The molecule has 0 saturated heterocycles. The normalized spacial score (nSPS) is 11.0. The van der Waals surface area contributed by atoms with Crippen molar-refractivity contribution in [3.63, 3.8) is 0 Å². The Labute approximate surface area is 207 Å². The fourth-order valence-corrected chi connectivity index (χ4v) is 4.20. The van der Waals surface area contributed by atoms with Crippen LogP contribution < -0.4 is 0 Å². The van der Waals surface area contributed by atoms with E-state index in [0.717, 1.165) is 22.1 Å². The van der Waals surface area contributed by atoms with Crippen LogP contribution in [0.1, 0.15) is 27.6 Å². The highest BCUT2D eigenvalue weighted by Crippen LogP contribution is 2.32. The van der Waals surface area contributed by atoms with Crippen LogP contribution in [-0.2, 0) is 4.74 Å². The van der Waals surface area contributed by atoms with Crippen molar-refractivity contribution in [3.8, 4) is 11.3 Å². The maximum Gasteiger partial charge on any atom is 0.339 e. The molecule has 0 saturated carbocycles. The molecule has 0 aliphatic carbocycles. The van der Waals surface area contributed by atoms with E-state index < -0.39 is 12.1 Å². The Kier molecular flexibility index (Phi) is 6.31. The number of fused-ring (bicyclic) bond motifs is 1. The second kappa shape index (κ2) is 9.68. The Morgan fingerprint density at radius 3 is 1.97 bits per heavy atom. The Balaban J connectivity index is 1.60. The first kappa shape index (κ1) is 22.1. The van der Waals surface area contributed by atoms with E-state index in [1.807, 2.05) is 91.0 Å². The number of esters is 1. The van der Waals surface area contributed by atoms with Gasteiger partial charge in [0.15, 0.2) is 6.10 Å². The van der Waals surface area contributed by atoms with Gasteiger partial charge in [-0.3, -0.25) is 0 Å². The first-order valence-electron chi connectivity index (χ1n) is 10.8. The minimum Gasteiger partial charge on any atom is -0.449 e. The number of ether oxygens (including phenoxy) is 1. The van der Waals surface area contributed by atoms with Crippen molar-refractivity contribution >= 4 is 40.1 Å². The summed E-state index contributed by atoms with van der Waals surface area (Å²) in [4.78, 5) is 18.4. The van der Waals surface area contributed by atoms with Gasteiger partial charge in [-0.15, -0.1) is 0 Å². The number of benzene rings is 4. The number of hydrogen-bond donors (Lipinski definition) is 0. The van der Waals surface area contributed by atoms with Gasteiger partial charge in [0, 0.05) is 10.9 Å². The highest BCUT2D eigenvalue weighted by atomic mass is 35.5. The maximum absolute atomic E-state index is 13.6. The molecule has 5 heteroatoms. The van der Waals surface area contributed by atoms with Crippen LogP contribution in [-0.4, -0.2) is 11.0 Å². The summed E-state index contributed by atoms with van der Waals surface area (Å²) in [5.41, 5.74) is 4.28. The van der Waals surface area contributed by atoms with Crippen LogP contribution in [0.2, 0.25) is 10.0 Å². The lowest BCUT2D eigenvalue weighted by Crippen LogP contribution is -2.14. The quantitative estimate of drug-likeness (QED) is 0.236. The molecule has 0 atom stereocenters. The third kappa shape index (κ3) is 4.54. The zero-order valence-corrected chi connectivity index (χ0v) is 19.5. The predicted octanol–water partition coefficient (Wildman–Crippen LogP) is 8.16. The molecule has 0 aliphatic heterocycles. The van der Waals surface area contributed by atoms with Gasteiger partial charge >= 0.3 is 5.97 Å². The molecule has 3 nitrogen and oxygen atoms in total. The van der Waals surface area contributed by atoms with E-state index >= 15 is 0 Å². The molecule has 1 aromatic heterocycles. The van der Waals surface area contributed by atoms with Crippen LogP contribution in [0.4, 0.5) is 0 Å². The molecule has 0 fully saturated rings. The second-order valence-corrected chi connectivity index (χ2v) is 8.62. The van der Waals surface area contributed by atoms with Crippen LogP contribution in [0.3, 0.4) is 0 Å². The van der Waals surface area contributed by atoms with Crippen molar-refractivity contribution in [3.05, 3.63) is 136 Å². The van der Waals surface area contributed by atoms with E-state index in [2.05, 4.69) is 0 Å². The first-order valence-corrected chi connectivity index (χ1v) is 11.5. The van der Waals surface area contributed by atoms with Crippen molar-refractivity contribution in [2.45, 2.75) is 6.10 Å². The van der Waals surface area contributed by atoms with Gasteiger partial charge in [0.1, 0.15) is 0 Å². The topological polar surface area (TPSA) is 39.2 Å². The van der Waals surface area contributed by atoms with Crippen molar-refractivity contribution in [2.24, 2.45) is 0 Å². The number of pyridine rings is 1. The summed E-state index contributed by atoms with van der Waals surface area (Å²) in [6.45, 7) is 0. The summed E-state index contributed by atoms with van der Waals surface area (Å²) < 4.78 is 6.14. The minimum absolute atomic E-state index is 0.423. The van der Waals surface area contributed by atoms with Crippen LogP contribution in [0.5, 0.6) is 0 Å². The standard InChI is InChI=1S/C29H19Cl2NO2/c30-24-16-15-21(17-25(24)31)27-18-23(22-13-7-8-14-26(22)32-27)29(33)34-28(19-9-3-1-4-10-19)20-11-5-2-6-12-20/h1-18,28H. The number of aromatic nitrogens is 1. The average molecular weight is 484 g/mol. The number of para-hydroxylation sites is 1. The molecular weight excluding hydrogens is 465 g/mol. The molecule has 0 unspecified atom stereocenters. The SMILES string of the molecule is O=C(OC(c1ccccc1)c1ccccc1)c1cc(-c2ccc(Cl)c(Cl)c2)nc2ccccc12. The van der Waals surface area contributed by atoms with Crippen molar-refractivity contribution < 1.29 is 9.53 Å². The smallest absolute Gasteiger partial charge is 0.339 e. The third-order valence-corrected chi connectivity index (χ3v) is 6.32. The highest BCUT2D eigenvalue weighted by molar-refractivity contribution is 6.42. The summed E-state index contributed by atoms with van der Waals surface area (Å²) >= 11 is 12.3. The third-order valence-electron chi connectivity index (χ3n) is 5.58. The first-order chi connectivity index (χ1) is 16.6. The second-order valence-electron chi connectivity index (χ2n) is 7.81. The van der Waals surface area contributed by atoms with Crippen molar-refractivity contribution in [2.75, 3.05) is 0 Å². The van der Waals surface area contributed by atoms with Crippen LogP contribution in [0.25, 0.3) is 22.2 Å². The van der Waals surface area contributed by atoms with Crippen LogP contribution >= 0.6 is 23.2 Å². The molecule has 0 spiro atoms. The van der Waals surface area contributed by atoms with E-state index in [4.69, 9.17) is 32.9 Å². The number of nitrogens with zero attached hydrogens (tertiary/aromatic N) is 1. The molecule has 5 rings (SSSR count). The molecule has 0 aliphatic rings. The maximum atomic E-state index is 13.6.